The van der Waals surface area contributed by atoms with E-state index in [1.165, 1.54) is 39.2 Å². The largest absolute Gasteiger partial charge is 0.469 e. The van der Waals surface area contributed by atoms with Crippen LogP contribution in [0.1, 0.15) is 78.1 Å². The highest BCUT2D eigenvalue weighted by Gasteiger charge is 2.05. The Hall–Kier alpha value is -0.860. The van der Waals surface area contributed by atoms with E-state index < -0.39 is 0 Å². The van der Waals surface area contributed by atoms with E-state index in [1.807, 2.05) is 13.8 Å². The van der Waals surface area contributed by atoms with Gasteiger partial charge >= 0.3 is 5.97 Å². The quantitative estimate of drug-likeness (QED) is 0.392. The second kappa shape index (κ2) is 12.2. The van der Waals surface area contributed by atoms with Gasteiger partial charge in [-0.25, -0.2) is 0 Å². The van der Waals surface area contributed by atoms with Gasteiger partial charge in [0, 0.05) is 18.8 Å². The summed E-state index contributed by atoms with van der Waals surface area (Å²) < 4.78 is 4.59. The van der Waals surface area contributed by atoms with Crippen LogP contribution in [0.4, 0.5) is 0 Å². The Labute approximate surface area is 118 Å². The topological polar surface area (TPSA) is 43.4 Å². The van der Waals surface area contributed by atoms with Gasteiger partial charge in [0.2, 0.25) is 0 Å². The van der Waals surface area contributed by atoms with Crippen LogP contribution in [0, 0.1) is 5.92 Å². The molecule has 0 unspecified atom stereocenters. The summed E-state index contributed by atoms with van der Waals surface area (Å²) in [5.74, 6) is 0.479. The van der Waals surface area contributed by atoms with E-state index in [4.69, 9.17) is 0 Å². The molecule has 3 heteroatoms. The van der Waals surface area contributed by atoms with Crippen molar-refractivity contribution in [3.63, 3.8) is 0 Å². The molecule has 0 N–H and O–H groups in total. The lowest BCUT2D eigenvalue weighted by Crippen LogP contribution is -2.05. The normalized spacial score (nSPS) is 10.7. The maximum Gasteiger partial charge on any atom is 0.305 e. The van der Waals surface area contributed by atoms with Gasteiger partial charge in [0.15, 0.2) is 0 Å². The number of hydrogen-bond donors (Lipinski definition) is 0. The van der Waals surface area contributed by atoms with Crippen molar-refractivity contribution in [2.75, 3.05) is 7.11 Å². The number of ether oxygens (including phenoxy) is 1. The number of unbranched alkanes of at least 4 members (excludes halogenated alkanes) is 7. The monoisotopic (exact) mass is 270 g/mol. The fourth-order valence-electron chi connectivity index (χ4n) is 2.02. The first-order valence-electron chi connectivity index (χ1n) is 7.67. The molecular weight excluding hydrogens is 240 g/mol. The van der Waals surface area contributed by atoms with Crippen molar-refractivity contribution in [3.8, 4) is 0 Å². The van der Waals surface area contributed by atoms with E-state index in [-0.39, 0.29) is 11.9 Å². The van der Waals surface area contributed by atoms with Gasteiger partial charge in [-0.1, -0.05) is 52.4 Å². The molecule has 0 heterocycles. The standard InChI is InChI=1S/C16H30O3/c1-14(2)15(17)12-10-8-6-4-5-7-9-11-13-16(18)19-3/h14H,4-13H2,1-3H3. The molecule has 0 amide bonds. The summed E-state index contributed by atoms with van der Waals surface area (Å²) in [7, 11) is 1.44. The van der Waals surface area contributed by atoms with E-state index in [1.54, 1.807) is 0 Å². The first-order chi connectivity index (χ1) is 9.07. The van der Waals surface area contributed by atoms with Crippen molar-refractivity contribution in [2.24, 2.45) is 5.92 Å². The summed E-state index contributed by atoms with van der Waals surface area (Å²) in [6, 6.07) is 0. The number of methoxy groups -OCH3 is 1. The molecule has 0 aliphatic carbocycles. The van der Waals surface area contributed by atoms with Crippen LogP contribution >= 0.6 is 0 Å². The molecule has 0 aromatic heterocycles. The van der Waals surface area contributed by atoms with Crippen LogP contribution in [-0.4, -0.2) is 18.9 Å². The molecule has 0 aliphatic heterocycles. The molecule has 3 nitrogen and oxygen atoms in total. The minimum atomic E-state index is -0.102. The van der Waals surface area contributed by atoms with Gasteiger partial charge in [0.1, 0.15) is 5.78 Å². The van der Waals surface area contributed by atoms with E-state index in [0.717, 1.165) is 25.7 Å². The van der Waals surface area contributed by atoms with E-state index in [2.05, 4.69) is 4.74 Å². The van der Waals surface area contributed by atoms with Crippen molar-refractivity contribution in [1.29, 1.82) is 0 Å². The average Bonchev–Trinajstić information content (AvgIpc) is 2.39. The van der Waals surface area contributed by atoms with Gasteiger partial charge in [0.25, 0.3) is 0 Å². The predicted octanol–water partition coefficient (Wildman–Crippen LogP) is 4.29. The first-order valence-corrected chi connectivity index (χ1v) is 7.67. The summed E-state index contributed by atoms with van der Waals surface area (Å²) in [4.78, 5) is 22.3. The zero-order chi connectivity index (χ0) is 14.5. The van der Waals surface area contributed by atoms with Gasteiger partial charge in [-0.3, -0.25) is 9.59 Å². The zero-order valence-electron chi connectivity index (χ0n) is 12.9. The summed E-state index contributed by atoms with van der Waals surface area (Å²) >= 11 is 0. The van der Waals surface area contributed by atoms with Crippen molar-refractivity contribution in [2.45, 2.75) is 78.1 Å². The maximum absolute atomic E-state index is 11.4. The third-order valence-electron chi connectivity index (χ3n) is 3.43. The third-order valence-corrected chi connectivity index (χ3v) is 3.43. The molecule has 0 aromatic rings. The highest BCUT2D eigenvalue weighted by atomic mass is 16.5. The van der Waals surface area contributed by atoms with E-state index >= 15 is 0 Å². The molecule has 0 saturated carbocycles. The van der Waals surface area contributed by atoms with Crippen molar-refractivity contribution in [1.82, 2.24) is 0 Å². The zero-order valence-corrected chi connectivity index (χ0v) is 12.9. The second-order valence-electron chi connectivity index (χ2n) is 5.53. The molecule has 0 bridgehead atoms. The molecule has 0 spiro atoms. The molecule has 0 saturated heterocycles. The predicted molar refractivity (Wildman–Crippen MR) is 78.0 cm³/mol. The summed E-state index contributed by atoms with van der Waals surface area (Å²) in [5, 5.41) is 0. The van der Waals surface area contributed by atoms with Crippen molar-refractivity contribution < 1.29 is 14.3 Å². The van der Waals surface area contributed by atoms with Crippen molar-refractivity contribution in [3.05, 3.63) is 0 Å². The third kappa shape index (κ3) is 11.9. The highest BCUT2D eigenvalue weighted by molar-refractivity contribution is 5.80. The number of carbonyl (C=O) groups excluding carboxylic acids is 2. The smallest absolute Gasteiger partial charge is 0.305 e. The highest BCUT2D eigenvalue weighted by Crippen LogP contribution is 2.12. The number of esters is 1. The SMILES string of the molecule is COC(=O)CCCCCCCCCCC(=O)C(C)C. The van der Waals surface area contributed by atoms with Gasteiger partial charge in [-0.2, -0.15) is 0 Å². The Morgan fingerprint density at radius 1 is 0.789 bits per heavy atom. The Kier molecular flexibility index (Phi) is 11.6. The molecule has 0 radical (unpaired) electrons. The van der Waals surface area contributed by atoms with Gasteiger partial charge in [-0.15, -0.1) is 0 Å². The van der Waals surface area contributed by atoms with E-state index in [0.29, 0.717) is 12.2 Å². The van der Waals surface area contributed by atoms with Gasteiger partial charge < -0.3 is 4.74 Å². The van der Waals surface area contributed by atoms with Crippen LogP contribution in [0.25, 0.3) is 0 Å². The van der Waals surface area contributed by atoms with Crippen molar-refractivity contribution >= 4 is 11.8 Å². The number of carbonyl (C=O) groups is 2. The number of hydrogen-bond acceptors (Lipinski definition) is 3. The molecule has 19 heavy (non-hydrogen) atoms. The molecule has 112 valence electrons. The average molecular weight is 270 g/mol. The molecular formula is C16H30O3. The fourth-order valence-corrected chi connectivity index (χ4v) is 2.02. The summed E-state index contributed by atoms with van der Waals surface area (Å²) in [6.07, 6.45) is 10.5. The Morgan fingerprint density at radius 2 is 1.21 bits per heavy atom. The van der Waals surface area contributed by atoms with Gasteiger partial charge in [0.05, 0.1) is 7.11 Å². The lowest BCUT2D eigenvalue weighted by Gasteiger charge is -2.04. The molecule has 0 aromatic carbocycles. The summed E-state index contributed by atoms with van der Waals surface area (Å²) in [6.45, 7) is 3.94. The molecule has 0 rings (SSSR count). The van der Waals surface area contributed by atoms with Crippen LogP contribution in [-0.2, 0) is 14.3 Å². The Bertz CT molecular complexity index is 246. The van der Waals surface area contributed by atoms with E-state index in [9.17, 15) is 9.59 Å². The number of rotatable bonds is 12. The van der Waals surface area contributed by atoms with Crippen LogP contribution in [0.5, 0.6) is 0 Å². The van der Waals surface area contributed by atoms with Crippen LogP contribution in [0.15, 0.2) is 0 Å². The summed E-state index contributed by atoms with van der Waals surface area (Å²) in [5.41, 5.74) is 0. The van der Waals surface area contributed by atoms with Crippen LogP contribution in [0.2, 0.25) is 0 Å². The molecule has 0 atom stereocenters. The number of Topliss-reactive ketones (excluding diaryl/α,β-unsaturated/α-hetero) is 1. The Balaban J connectivity index is 3.15. The minimum Gasteiger partial charge on any atom is -0.469 e. The lowest BCUT2D eigenvalue weighted by molar-refractivity contribution is -0.140. The maximum atomic E-state index is 11.4. The first kappa shape index (κ1) is 18.1. The van der Waals surface area contributed by atoms with Gasteiger partial charge in [-0.05, 0) is 12.8 Å². The molecule has 0 aliphatic rings. The lowest BCUT2D eigenvalue weighted by atomic mass is 10.0. The number of ketones is 1. The molecule has 0 fully saturated rings. The van der Waals surface area contributed by atoms with Crippen LogP contribution < -0.4 is 0 Å². The minimum absolute atomic E-state index is 0.102. The van der Waals surface area contributed by atoms with Crippen LogP contribution in [0.3, 0.4) is 0 Å². The second-order valence-corrected chi connectivity index (χ2v) is 5.53. The fraction of sp³-hybridized carbons (Fsp3) is 0.875. The Morgan fingerprint density at radius 3 is 1.63 bits per heavy atom.